The minimum absolute atomic E-state index is 0.0130. The number of nitrogens with zero attached hydrogens (tertiary/aromatic N) is 1. The molecule has 0 bridgehead atoms. The first-order valence-electron chi connectivity index (χ1n) is 12.2. The van der Waals surface area contributed by atoms with Crippen LogP contribution in [-0.2, 0) is 19.1 Å². The van der Waals surface area contributed by atoms with Crippen LogP contribution in [0.15, 0.2) is 48.5 Å². The van der Waals surface area contributed by atoms with Crippen molar-refractivity contribution >= 4 is 18.0 Å². The van der Waals surface area contributed by atoms with Crippen LogP contribution in [0, 0.1) is 5.92 Å². The summed E-state index contributed by atoms with van der Waals surface area (Å²) in [5.41, 5.74) is 4.62. The fourth-order valence-electron chi connectivity index (χ4n) is 5.07. The molecule has 0 radical (unpaired) electrons. The van der Waals surface area contributed by atoms with Crippen LogP contribution in [0.3, 0.4) is 0 Å². The van der Waals surface area contributed by atoms with E-state index in [-0.39, 0.29) is 43.7 Å². The van der Waals surface area contributed by atoms with Gasteiger partial charge in [0.15, 0.2) is 0 Å². The highest BCUT2D eigenvalue weighted by Gasteiger charge is 2.30. The van der Waals surface area contributed by atoms with Crippen LogP contribution in [0.2, 0.25) is 0 Å². The second kappa shape index (κ2) is 11.4. The summed E-state index contributed by atoms with van der Waals surface area (Å²) in [6, 6.07) is 16.3. The summed E-state index contributed by atoms with van der Waals surface area (Å²) < 4.78 is 11.2. The van der Waals surface area contributed by atoms with E-state index in [4.69, 9.17) is 14.6 Å². The van der Waals surface area contributed by atoms with Gasteiger partial charge < -0.3 is 24.8 Å². The van der Waals surface area contributed by atoms with Crippen molar-refractivity contribution in [3.63, 3.8) is 0 Å². The molecule has 1 heterocycles. The van der Waals surface area contributed by atoms with Crippen LogP contribution < -0.4 is 5.32 Å². The van der Waals surface area contributed by atoms with Crippen LogP contribution in [0.1, 0.15) is 43.2 Å². The van der Waals surface area contributed by atoms with Gasteiger partial charge in [-0.3, -0.25) is 9.59 Å². The number of likely N-dealkylation sites (tertiary alicyclic amines) is 1. The molecule has 0 spiro atoms. The van der Waals surface area contributed by atoms with E-state index < -0.39 is 18.2 Å². The van der Waals surface area contributed by atoms with E-state index in [0.717, 1.165) is 11.1 Å². The number of aliphatic carboxylic acids is 1. The van der Waals surface area contributed by atoms with Gasteiger partial charge in [0.25, 0.3) is 0 Å². The lowest BCUT2D eigenvalue weighted by Gasteiger charge is -2.22. The van der Waals surface area contributed by atoms with Gasteiger partial charge in [-0.15, -0.1) is 0 Å². The van der Waals surface area contributed by atoms with Crippen molar-refractivity contribution in [2.45, 2.75) is 38.2 Å². The van der Waals surface area contributed by atoms with Crippen molar-refractivity contribution in [3.05, 3.63) is 59.7 Å². The van der Waals surface area contributed by atoms with E-state index in [2.05, 4.69) is 29.6 Å². The van der Waals surface area contributed by atoms with E-state index in [1.165, 1.54) is 11.1 Å². The van der Waals surface area contributed by atoms with E-state index in [1.54, 1.807) is 4.90 Å². The third-order valence-corrected chi connectivity index (χ3v) is 6.72. The largest absolute Gasteiger partial charge is 0.481 e. The van der Waals surface area contributed by atoms with E-state index in [9.17, 15) is 14.4 Å². The number of carbonyl (C=O) groups is 3. The molecule has 1 saturated heterocycles. The predicted octanol–water partition coefficient (Wildman–Crippen LogP) is 3.64. The SMILES string of the molecule is CCOC(CNC(=O)OCC1c2ccccc2-c2ccccc21)CC(=O)N1CCC(CC(=O)O)C1. The van der Waals surface area contributed by atoms with E-state index in [0.29, 0.717) is 26.1 Å². The lowest BCUT2D eigenvalue weighted by Crippen LogP contribution is -2.39. The Morgan fingerprint density at radius 1 is 1.09 bits per heavy atom. The Morgan fingerprint density at radius 3 is 2.37 bits per heavy atom. The van der Waals surface area contributed by atoms with Crippen LogP contribution in [-0.4, -0.2) is 66.9 Å². The maximum absolute atomic E-state index is 12.7. The fraction of sp³-hybridized carbons (Fsp3) is 0.444. The molecule has 2 atom stereocenters. The number of fused-ring (bicyclic) bond motifs is 3. The fourth-order valence-corrected chi connectivity index (χ4v) is 5.07. The van der Waals surface area contributed by atoms with Crippen molar-refractivity contribution in [2.75, 3.05) is 32.8 Å². The average molecular weight is 481 g/mol. The number of carboxylic acid groups (broad SMARTS) is 1. The molecule has 8 heteroatoms. The van der Waals surface area contributed by atoms with Crippen LogP contribution in [0.4, 0.5) is 4.79 Å². The molecule has 2 aliphatic rings. The first-order valence-corrected chi connectivity index (χ1v) is 12.2. The quantitative estimate of drug-likeness (QED) is 0.538. The number of amides is 2. The minimum Gasteiger partial charge on any atom is -0.481 e. The van der Waals surface area contributed by atoms with Crippen molar-refractivity contribution < 1.29 is 29.0 Å². The second-order valence-corrected chi connectivity index (χ2v) is 9.08. The van der Waals surface area contributed by atoms with Gasteiger partial charge in [-0.1, -0.05) is 48.5 Å². The standard InChI is InChI=1S/C27H32N2O6/c1-2-34-19(14-25(30)29-12-11-18(16-29)13-26(31)32)15-28-27(33)35-17-24-22-9-5-3-7-20(22)21-8-4-6-10-23(21)24/h3-10,18-19,24H,2,11-17H2,1H3,(H,28,33)(H,31,32). The van der Waals surface area contributed by atoms with Crippen molar-refractivity contribution in [1.82, 2.24) is 10.2 Å². The van der Waals surface area contributed by atoms with Gasteiger partial charge in [-0.25, -0.2) is 4.79 Å². The number of benzene rings is 2. The normalized spacial score (nSPS) is 17.5. The summed E-state index contributed by atoms with van der Waals surface area (Å²) in [6.45, 7) is 3.62. The highest BCUT2D eigenvalue weighted by Crippen LogP contribution is 2.44. The summed E-state index contributed by atoms with van der Waals surface area (Å²) >= 11 is 0. The summed E-state index contributed by atoms with van der Waals surface area (Å²) in [4.78, 5) is 37.8. The molecule has 2 amide bonds. The monoisotopic (exact) mass is 480 g/mol. The summed E-state index contributed by atoms with van der Waals surface area (Å²) in [6.07, 6.45) is -0.146. The molecule has 8 nitrogen and oxygen atoms in total. The summed E-state index contributed by atoms with van der Waals surface area (Å²) in [5, 5.41) is 11.7. The van der Waals surface area contributed by atoms with Gasteiger partial charge in [0.05, 0.1) is 12.5 Å². The van der Waals surface area contributed by atoms with Gasteiger partial charge in [0.1, 0.15) is 6.61 Å². The lowest BCUT2D eigenvalue weighted by molar-refractivity contribution is -0.138. The molecule has 1 fully saturated rings. The highest BCUT2D eigenvalue weighted by molar-refractivity contribution is 5.79. The smallest absolute Gasteiger partial charge is 0.407 e. The molecule has 2 aromatic rings. The number of carboxylic acids is 1. The van der Waals surface area contributed by atoms with Gasteiger partial charge in [0.2, 0.25) is 5.91 Å². The zero-order valence-electron chi connectivity index (χ0n) is 19.9. The Labute approximate surface area is 205 Å². The number of carbonyl (C=O) groups excluding carboxylic acids is 2. The lowest BCUT2D eigenvalue weighted by atomic mass is 9.98. The zero-order valence-corrected chi connectivity index (χ0v) is 19.9. The third-order valence-electron chi connectivity index (χ3n) is 6.72. The minimum atomic E-state index is -0.844. The second-order valence-electron chi connectivity index (χ2n) is 9.08. The number of alkyl carbamates (subject to hydrolysis) is 1. The molecule has 2 N–H and O–H groups in total. The van der Waals surface area contributed by atoms with Crippen molar-refractivity contribution in [1.29, 1.82) is 0 Å². The molecule has 1 aliphatic carbocycles. The maximum Gasteiger partial charge on any atom is 0.407 e. The number of ether oxygens (including phenoxy) is 2. The average Bonchev–Trinajstić information content (AvgIpc) is 3.43. The Bertz CT molecular complexity index is 1030. The van der Waals surface area contributed by atoms with E-state index in [1.807, 2.05) is 31.2 Å². The van der Waals surface area contributed by atoms with Gasteiger partial charge in [0, 0.05) is 38.6 Å². The molecule has 0 aromatic heterocycles. The predicted molar refractivity (Wildman–Crippen MR) is 130 cm³/mol. The highest BCUT2D eigenvalue weighted by atomic mass is 16.5. The molecule has 0 saturated carbocycles. The number of hydrogen-bond acceptors (Lipinski definition) is 5. The molecular weight excluding hydrogens is 448 g/mol. The molecule has 186 valence electrons. The molecule has 2 aromatic carbocycles. The molecular formula is C27H32N2O6. The number of hydrogen-bond donors (Lipinski definition) is 2. The van der Waals surface area contributed by atoms with Crippen LogP contribution >= 0.6 is 0 Å². The van der Waals surface area contributed by atoms with Gasteiger partial charge in [-0.2, -0.15) is 0 Å². The third kappa shape index (κ3) is 6.00. The Morgan fingerprint density at radius 2 is 1.74 bits per heavy atom. The first-order chi connectivity index (χ1) is 17.0. The van der Waals surface area contributed by atoms with Crippen molar-refractivity contribution in [2.24, 2.45) is 5.92 Å². The maximum atomic E-state index is 12.7. The number of nitrogens with one attached hydrogen (secondary N) is 1. The zero-order chi connectivity index (χ0) is 24.8. The van der Waals surface area contributed by atoms with E-state index >= 15 is 0 Å². The van der Waals surface area contributed by atoms with Crippen LogP contribution in [0.25, 0.3) is 11.1 Å². The Balaban J connectivity index is 1.27. The Kier molecular flexibility index (Phi) is 8.02. The first kappa shape index (κ1) is 24.7. The summed E-state index contributed by atoms with van der Waals surface area (Å²) in [5.74, 6) is -0.971. The van der Waals surface area contributed by atoms with Gasteiger partial charge >= 0.3 is 12.1 Å². The summed E-state index contributed by atoms with van der Waals surface area (Å²) in [7, 11) is 0. The van der Waals surface area contributed by atoms with Crippen LogP contribution in [0.5, 0.6) is 0 Å². The molecule has 35 heavy (non-hydrogen) atoms. The van der Waals surface area contributed by atoms with Crippen molar-refractivity contribution in [3.8, 4) is 11.1 Å². The molecule has 1 aliphatic heterocycles. The molecule has 4 rings (SSSR count). The Hall–Kier alpha value is -3.39. The van der Waals surface area contributed by atoms with Gasteiger partial charge in [-0.05, 0) is 41.5 Å². The topological polar surface area (TPSA) is 105 Å². The molecule has 2 unspecified atom stereocenters. The number of rotatable bonds is 10.